The number of carbonyl (C=O) groups is 2. The molecule has 0 unspecified atom stereocenters. The summed E-state index contributed by atoms with van der Waals surface area (Å²) in [7, 11) is 0. The summed E-state index contributed by atoms with van der Waals surface area (Å²) in [6.07, 6.45) is 0.291. The second-order valence-electron chi connectivity index (χ2n) is 7.42. The normalized spacial score (nSPS) is 12.7. The Morgan fingerprint density at radius 1 is 1.12 bits per heavy atom. The fourth-order valence-electron chi connectivity index (χ4n) is 3.26. The number of amides is 1. The van der Waals surface area contributed by atoms with Crippen molar-refractivity contribution in [2.75, 3.05) is 6.61 Å². The lowest BCUT2D eigenvalue weighted by molar-refractivity contribution is -0.158. The van der Waals surface area contributed by atoms with Crippen LogP contribution in [-0.2, 0) is 20.7 Å². The molecule has 1 atom stereocenters. The highest BCUT2D eigenvalue weighted by Crippen LogP contribution is 2.23. The molecule has 0 fully saturated rings. The Morgan fingerprint density at radius 2 is 1.62 bits per heavy atom. The molecule has 0 spiro atoms. The van der Waals surface area contributed by atoms with E-state index < -0.39 is 11.6 Å². The Labute approximate surface area is 146 Å². The quantitative estimate of drug-likeness (QED) is 0.771. The van der Waals surface area contributed by atoms with Gasteiger partial charge in [-0.3, -0.25) is 4.79 Å². The average molecular weight is 333 g/mol. The van der Waals surface area contributed by atoms with Crippen LogP contribution < -0.4 is 0 Å². The van der Waals surface area contributed by atoms with Gasteiger partial charge in [0.15, 0.2) is 0 Å². The zero-order valence-electron chi connectivity index (χ0n) is 16.3. The summed E-state index contributed by atoms with van der Waals surface area (Å²) < 4.78 is 5.11. The first-order chi connectivity index (χ1) is 11.0. The number of hydrogen-bond donors (Lipinski definition) is 0. The van der Waals surface area contributed by atoms with E-state index in [-0.39, 0.29) is 11.9 Å². The molecular weight excluding hydrogens is 302 g/mol. The zero-order chi connectivity index (χ0) is 18.7. The van der Waals surface area contributed by atoms with Crippen LogP contribution in [0.1, 0.15) is 56.9 Å². The largest absolute Gasteiger partial charge is 0.464 e. The van der Waals surface area contributed by atoms with Crippen molar-refractivity contribution in [1.82, 2.24) is 4.90 Å². The van der Waals surface area contributed by atoms with E-state index in [1.54, 1.807) is 18.7 Å². The molecule has 0 aliphatic carbocycles. The molecule has 0 aromatic heterocycles. The van der Waals surface area contributed by atoms with E-state index in [1.165, 1.54) is 5.56 Å². The van der Waals surface area contributed by atoms with Gasteiger partial charge in [-0.15, -0.1) is 0 Å². The molecule has 0 heterocycles. The summed E-state index contributed by atoms with van der Waals surface area (Å²) in [5.74, 6) is -0.420. The van der Waals surface area contributed by atoms with E-state index in [1.807, 2.05) is 34.6 Å². The molecule has 0 saturated heterocycles. The van der Waals surface area contributed by atoms with Crippen molar-refractivity contribution in [2.24, 2.45) is 0 Å². The van der Waals surface area contributed by atoms with E-state index in [2.05, 4.69) is 19.1 Å². The Morgan fingerprint density at radius 3 is 2.04 bits per heavy atom. The van der Waals surface area contributed by atoms with Gasteiger partial charge in [-0.05, 0) is 72.1 Å². The van der Waals surface area contributed by atoms with Crippen molar-refractivity contribution in [3.05, 3.63) is 34.4 Å². The summed E-state index contributed by atoms with van der Waals surface area (Å²) in [6, 6.07) is 3.57. The number of aryl methyl sites for hydroxylation is 3. The summed E-state index contributed by atoms with van der Waals surface area (Å²) in [5.41, 5.74) is 3.98. The standard InChI is InChI=1S/C20H31NO3/c1-9-24-19(23)16(5)21(20(6,7)8)18(22)12-17-14(3)10-13(2)11-15(17)4/h10-11,16H,9,12H2,1-8H3/t16-/m0/s1. The second-order valence-corrected chi connectivity index (χ2v) is 7.42. The molecule has 1 aromatic carbocycles. The van der Waals surface area contributed by atoms with E-state index in [9.17, 15) is 9.59 Å². The fourth-order valence-corrected chi connectivity index (χ4v) is 3.26. The molecule has 0 aliphatic heterocycles. The van der Waals surface area contributed by atoms with Gasteiger partial charge in [-0.25, -0.2) is 4.79 Å². The van der Waals surface area contributed by atoms with Crippen molar-refractivity contribution in [3.8, 4) is 0 Å². The van der Waals surface area contributed by atoms with Gasteiger partial charge in [-0.1, -0.05) is 17.7 Å². The molecule has 1 amide bonds. The van der Waals surface area contributed by atoms with Gasteiger partial charge >= 0.3 is 5.97 Å². The van der Waals surface area contributed by atoms with Crippen LogP contribution in [0, 0.1) is 20.8 Å². The average Bonchev–Trinajstić information content (AvgIpc) is 2.41. The lowest BCUT2D eigenvalue weighted by Crippen LogP contribution is -2.54. The SMILES string of the molecule is CCOC(=O)[C@H](C)N(C(=O)Cc1c(C)cc(C)cc1C)C(C)(C)C. The van der Waals surface area contributed by atoms with Crippen LogP contribution in [0.3, 0.4) is 0 Å². The number of hydrogen-bond acceptors (Lipinski definition) is 3. The van der Waals surface area contributed by atoms with E-state index in [0.717, 1.165) is 16.7 Å². The first kappa shape index (κ1) is 20.2. The first-order valence-corrected chi connectivity index (χ1v) is 8.54. The number of ether oxygens (including phenoxy) is 1. The lowest BCUT2D eigenvalue weighted by atomic mass is 9.95. The monoisotopic (exact) mass is 333 g/mol. The Hall–Kier alpha value is -1.84. The molecule has 24 heavy (non-hydrogen) atoms. The third-order valence-corrected chi connectivity index (χ3v) is 4.17. The highest BCUT2D eigenvalue weighted by molar-refractivity contribution is 5.86. The van der Waals surface area contributed by atoms with Crippen molar-refractivity contribution >= 4 is 11.9 Å². The minimum Gasteiger partial charge on any atom is -0.464 e. The zero-order valence-corrected chi connectivity index (χ0v) is 16.3. The molecule has 0 radical (unpaired) electrons. The molecule has 0 aliphatic rings. The minimum atomic E-state index is -0.608. The van der Waals surface area contributed by atoms with Crippen LogP contribution in [0.2, 0.25) is 0 Å². The number of carbonyl (C=O) groups excluding carboxylic acids is 2. The summed E-state index contributed by atoms with van der Waals surface area (Å²) in [5, 5.41) is 0. The molecule has 4 heteroatoms. The van der Waals surface area contributed by atoms with Gasteiger partial charge < -0.3 is 9.64 Å². The van der Waals surface area contributed by atoms with Crippen molar-refractivity contribution in [1.29, 1.82) is 0 Å². The van der Waals surface area contributed by atoms with Crippen LogP contribution in [-0.4, -0.2) is 35.0 Å². The topological polar surface area (TPSA) is 46.6 Å². The van der Waals surface area contributed by atoms with Crippen molar-refractivity contribution in [3.63, 3.8) is 0 Å². The maximum atomic E-state index is 13.0. The van der Waals surface area contributed by atoms with E-state index in [4.69, 9.17) is 4.74 Å². The van der Waals surface area contributed by atoms with Gasteiger partial charge in [0.05, 0.1) is 13.0 Å². The Bertz CT molecular complexity index is 591. The molecule has 0 saturated carbocycles. The van der Waals surface area contributed by atoms with Gasteiger partial charge in [0.2, 0.25) is 5.91 Å². The first-order valence-electron chi connectivity index (χ1n) is 8.54. The molecule has 0 bridgehead atoms. The van der Waals surface area contributed by atoms with Gasteiger partial charge in [0.1, 0.15) is 6.04 Å². The Kier molecular flexibility index (Phi) is 6.58. The lowest BCUT2D eigenvalue weighted by Gasteiger charge is -2.39. The van der Waals surface area contributed by atoms with E-state index in [0.29, 0.717) is 13.0 Å². The Balaban J connectivity index is 3.13. The van der Waals surface area contributed by atoms with Crippen LogP contribution in [0.15, 0.2) is 12.1 Å². The molecule has 0 N–H and O–H groups in total. The maximum absolute atomic E-state index is 13.0. The van der Waals surface area contributed by atoms with Gasteiger partial charge in [0, 0.05) is 5.54 Å². The smallest absolute Gasteiger partial charge is 0.328 e. The number of nitrogens with zero attached hydrogens (tertiary/aromatic N) is 1. The maximum Gasteiger partial charge on any atom is 0.328 e. The number of rotatable bonds is 5. The predicted octanol–water partition coefficient (Wildman–Crippen LogP) is 3.73. The third kappa shape index (κ3) is 4.83. The van der Waals surface area contributed by atoms with Crippen molar-refractivity contribution < 1.29 is 14.3 Å². The minimum absolute atomic E-state index is 0.0573. The summed E-state index contributed by atoms with van der Waals surface area (Å²) in [6.45, 7) is 15.7. The second kappa shape index (κ2) is 7.82. The highest BCUT2D eigenvalue weighted by atomic mass is 16.5. The van der Waals surface area contributed by atoms with Crippen LogP contribution in [0.25, 0.3) is 0 Å². The number of esters is 1. The highest BCUT2D eigenvalue weighted by Gasteiger charge is 2.35. The van der Waals surface area contributed by atoms with Gasteiger partial charge in [-0.2, -0.15) is 0 Å². The number of benzene rings is 1. The molecular formula is C20H31NO3. The van der Waals surface area contributed by atoms with Crippen LogP contribution >= 0.6 is 0 Å². The predicted molar refractivity (Wildman–Crippen MR) is 97.1 cm³/mol. The summed E-state index contributed by atoms with van der Waals surface area (Å²) in [4.78, 5) is 26.8. The fraction of sp³-hybridized carbons (Fsp3) is 0.600. The van der Waals surface area contributed by atoms with Crippen molar-refractivity contribution in [2.45, 2.75) is 73.4 Å². The van der Waals surface area contributed by atoms with Crippen LogP contribution in [0.4, 0.5) is 0 Å². The molecule has 1 rings (SSSR count). The molecule has 1 aromatic rings. The van der Waals surface area contributed by atoms with E-state index >= 15 is 0 Å². The van der Waals surface area contributed by atoms with Gasteiger partial charge in [0.25, 0.3) is 0 Å². The third-order valence-electron chi connectivity index (χ3n) is 4.17. The van der Waals surface area contributed by atoms with Crippen LogP contribution in [0.5, 0.6) is 0 Å². The molecule has 134 valence electrons. The summed E-state index contributed by atoms with van der Waals surface area (Å²) >= 11 is 0. The molecule has 4 nitrogen and oxygen atoms in total.